The number of benzene rings is 1. The largest absolute Gasteiger partial charge is 0.406 e. The van der Waals surface area contributed by atoms with Crippen molar-refractivity contribution in [1.82, 2.24) is 9.55 Å². The number of anilines is 1. The average molecular weight is 299 g/mol. The molecule has 2 atom stereocenters. The van der Waals surface area contributed by atoms with E-state index >= 15 is 0 Å². The average Bonchev–Trinajstić information content (AvgIpc) is 2.96. The number of alkyl halides is 3. The van der Waals surface area contributed by atoms with Gasteiger partial charge < -0.3 is 14.6 Å². The maximum Gasteiger partial charge on any atom is 0.406 e. The molecule has 2 heterocycles. The minimum Gasteiger partial charge on any atom is -0.380 e. The van der Waals surface area contributed by atoms with Gasteiger partial charge in [0.25, 0.3) is 0 Å². The van der Waals surface area contributed by atoms with Gasteiger partial charge in [-0.1, -0.05) is 6.92 Å². The highest BCUT2D eigenvalue weighted by atomic mass is 19.4. The van der Waals surface area contributed by atoms with E-state index in [0.29, 0.717) is 23.6 Å². The smallest absolute Gasteiger partial charge is 0.380 e. The molecule has 0 aliphatic carbocycles. The Morgan fingerprint density at radius 2 is 2.19 bits per heavy atom. The van der Waals surface area contributed by atoms with Gasteiger partial charge in [0.05, 0.1) is 36.6 Å². The lowest BCUT2D eigenvalue weighted by Crippen LogP contribution is -2.25. The SMILES string of the molecule is CC1COCC1Nc1ccc2c(c1)ncn2CC(F)(F)F. The van der Waals surface area contributed by atoms with Gasteiger partial charge in [-0.2, -0.15) is 13.2 Å². The summed E-state index contributed by atoms with van der Waals surface area (Å²) in [7, 11) is 0. The zero-order valence-electron chi connectivity index (χ0n) is 11.5. The van der Waals surface area contributed by atoms with Crippen LogP contribution >= 0.6 is 0 Å². The number of ether oxygens (including phenoxy) is 1. The lowest BCUT2D eigenvalue weighted by Gasteiger charge is -2.16. The Morgan fingerprint density at radius 3 is 2.86 bits per heavy atom. The quantitative estimate of drug-likeness (QED) is 0.947. The van der Waals surface area contributed by atoms with Crippen molar-refractivity contribution in [3.8, 4) is 0 Å². The van der Waals surface area contributed by atoms with Crippen LogP contribution in [0.4, 0.5) is 18.9 Å². The summed E-state index contributed by atoms with van der Waals surface area (Å²) in [6.07, 6.45) is -3.02. The molecule has 0 spiro atoms. The van der Waals surface area contributed by atoms with Gasteiger partial charge in [0.1, 0.15) is 6.54 Å². The highest BCUT2D eigenvalue weighted by Crippen LogP contribution is 2.25. The van der Waals surface area contributed by atoms with E-state index in [-0.39, 0.29) is 6.04 Å². The van der Waals surface area contributed by atoms with Crippen LogP contribution in [0.5, 0.6) is 0 Å². The lowest BCUT2D eigenvalue weighted by molar-refractivity contribution is -0.139. The molecule has 0 amide bonds. The Labute approximate surface area is 119 Å². The van der Waals surface area contributed by atoms with Crippen LogP contribution in [0.3, 0.4) is 0 Å². The van der Waals surface area contributed by atoms with Crippen molar-refractivity contribution in [1.29, 1.82) is 0 Å². The summed E-state index contributed by atoms with van der Waals surface area (Å²) in [6, 6.07) is 5.44. The van der Waals surface area contributed by atoms with E-state index in [1.54, 1.807) is 18.2 Å². The zero-order chi connectivity index (χ0) is 15.0. The van der Waals surface area contributed by atoms with Gasteiger partial charge in [0.2, 0.25) is 0 Å². The van der Waals surface area contributed by atoms with Crippen molar-refractivity contribution < 1.29 is 17.9 Å². The van der Waals surface area contributed by atoms with Crippen LogP contribution in [0.1, 0.15) is 6.92 Å². The van der Waals surface area contributed by atoms with Crippen LogP contribution < -0.4 is 5.32 Å². The summed E-state index contributed by atoms with van der Waals surface area (Å²) in [5.74, 6) is 0.406. The molecule has 1 saturated heterocycles. The van der Waals surface area contributed by atoms with Crippen molar-refractivity contribution >= 4 is 16.7 Å². The summed E-state index contributed by atoms with van der Waals surface area (Å²) in [5, 5.41) is 3.34. The molecule has 1 aromatic carbocycles. The van der Waals surface area contributed by atoms with E-state index in [2.05, 4.69) is 17.2 Å². The molecular formula is C14H16F3N3O. The van der Waals surface area contributed by atoms with E-state index in [1.807, 2.05) is 0 Å². The third kappa shape index (κ3) is 3.12. The Kier molecular flexibility index (Phi) is 3.52. The minimum atomic E-state index is -4.25. The molecule has 1 N–H and O–H groups in total. The first-order valence-electron chi connectivity index (χ1n) is 6.78. The number of nitrogens with zero attached hydrogens (tertiary/aromatic N) is 2. The summed E-state index contributed by atoms with van der Waals surface area (Å²) >= 11 is 0. The van der Waals surface area contributed by atoms with Gasteiger partial charge in [-0.15, -0.1) is 0 Å². The van der Waals surface area contributed by atoms with Crippen LogP contribution in [-0.4, -0.2) is 35.0 Å². The summed E-state index contributed by atoms with van der Waals surface area (Å²) in [4.78, 5) is 4.05. The number of hydrogen-bond donors (Lipinski definition) is 1. The maximum atomic E-state index is 12.5. The molecule has 1 aromatic heterocycles. The third-order valence-corrected chi connectivity index (χ3v) is 3.69. The fourth-order valence-corrected chi connectivity index (χ4v) is 2.53. The molecule has 0 saturated carbocycles. The van der Waals surface area contributed by atoms with Gasteiger partial charge in [0.15, 0.2) is 0 Å². The predicted octanol–water partition coefficient (Wildman–Crippen LogP) is 3.05. The van der Waals surface area contributed by atoms with Crippen molar-refractivity contribution in [2.24, 2.45) is 5.92 Å². The summed E-state index contributed by atoms with van der Waals surface area (Å²) < 4.78 is 43.9. The van der Waals surface area contributed by atoms with Crippen molar-refractivity contribution in [2.45, 2.75) is 25.7 Å². The normalized spacial score (nSPS) is 22.9. The van der Waals surface area contributed by atoms with E-state index in [9.17, 15) is 13.2 Å². The Bertz CT molecular complexity index is 638. The highest BCUT2D eigenvalue weighted by Gasteiger charge is 2.28. The highest BCUT2D eigenvalue weighted by molar-refractivity contribution is 5.79. The monoisotopic (exact) mass is 299 g/mol. The maximum absolute atomic E-state index is 12.5. The number of hydrogen-bond acceptors (Lipinski definition) is 3. The van der Waals surface area contributed by atoms with Gasteiger partial charge in [0, 0.05) is 11.6 Å². The fourth-order valence-electron chi connectivity index (χ4n) is 2.53. The van der Waals surface area contributed by atoms with Crippen LogP contribution in [0.2, 0.25) is 0 Å². The molecule has 114 valence electrons. The van der Waals surface area contributed by atoms with Crippen LogP contribution in [0, 0.1) is 5.92 Å². The molecule has 2 aromatic rings. The summed E-state index contributed by atoms with van der Waals surface area (Å²) in [5.41, 5.74) is 1.88. The van der Waals surface area contributed by atoms with Crippen LogP contribution in [-0.2, 0) is 11.3 Å². The van der Waals surface area contributed by atoms with Crippen molar-refractivity contribution in [3.05, 3.63) is 24.5 Å². The van der Waals surface area contributed by atoms with Crippen LogP contribution in [0.25, 0.3) is 11.0 Å². The van der Waals surface area contributed by atoms with Gasteiger partial charge >= 0.3 is 6.18 Å². The molecule has 1 aliphatic rings. The summed E-state index contributed by atoms with van der Waals surface area (Å²) in [6.45, 7) is 2.44. The number of imidazole rings is 1. The molecular weight excluding hydrogens is 283 g/mol. The molecule has 0 radical (unpaired) electrons. The molecule has 1 aliphatic heterocycles. The number of fused-ring (bicyclic) bond motifs is 1. The zero-order valence-corrected chi connectivity index (χ0v) is 11.5. The molecule has 2 unspecified atom stereocenters. The number of rotatable bonds is 3. The first kappa shape index (κ1) is 14.2. The number of nitrogens with one attached hydrogen (secondary N) is 1. The third-order valence-electron chi connectivity index (χ3n) is 3.69. The van der Waals surface area contributed by atoms with Crippen molar-refractivity contribution in [3.63, 3.8) is 0 Å². The van der Waals surface area contributed by atoms with Crippen LogP contribution in [0.15, 0.2) is 24.5 Å². The first-order chi connectivity index (χ1) is 9.92. The second kappa shape index (κ2) is 5.22. The number of halogens is 3. The Hall–Kier alpha value is -1.76. The first-order valence-corrected chi connectivity index (χ1v) is 6.78. The molecule has 4 nitrogen and oxygen atoms in total. The van der Waals surface area contributed by atoms with E-state index in [4.69, 9.17) is 4.74 Å². The van der Waals surface area contributed by atoms with E-state index in [0.717, 1.165) is 16.9 Å². The molecule has 21 heavy (non-hydrogen) atoms. The van der Waals surface area contributed by atoms with Gasteiger partial charge in [-0.25, -0.2) is 4.98 Å². The molecule has 3 rings (SSSR count). The molecule has 0 bridgehead atoms. The topological polar surface area (TPSA) is 39.1 Å². The minimum absolute atomic E-state index is 0.222. The Morgan fingerprint density at radius 1 is 1.38 bits per heavy atom. The number of aromatic nitrogens is 2. The standard InChI is InChI=1S/C14H16F3N3O/c1-9-5-21-6-12(9)19-10-2-3-13-11(4-10)18-8-20(13)7-14(15,16)17/h2-4,8-9,12,19H,5-7H2,1H3. The van der Waals surface area contributed by atoms with Crippen molar-refractivity contribution in [2.75, 3.05) is 18.5 Å². The predicted molar refractivity (Wildman–Crippen MR) is 73.2 cm³/mol. The molecule has 7 heteroatoms. The van der Waals surface area contributed by atoms with E-state index in [1.165, 1.54) is 6.33 Å². The second-order valence-electron chi connectivity index (χ2n) is 5.46. The second-order valence-corrected chi connectivity index (χ2v) is 5.46. The van der Waals surface area contributed by atoms with Gasteiger partial charge in [-0.05, 0) is 18.2 Å². The fraction of sp³-hybridized carbons (Fsp3) is 0.500. The van der Waals surface area contributed by atoms with Gasteiger partial charge in [-0.3, -0.25) is 0 Å². The lowest BCUT2D eigenvalue weighted by atomic mass is 10.1. The Balaban J connectivity index is 1.81. The van der Waals surface area contributed by atoms with E-state index < -0.39 is 12.7 Å². The molecule has 1 fully saturated rings.